The Kier molecular flexibility index (Phi) is 3.79. The third-order valence-electron chi connectivity index (χ3n) is 3.69. The first-order chi connectivity index (χ1) is 10.1. The second-order valence-corrected chi connectivity index (χ2v) is 5.86. The number of para-hydroxylation sites is 1. The Morgan fingerprint density at radius 3 is 2.62 bits per heavy atom. The molecule has 1 aliphatic heterocycles. The molecule has 0 bridgehead atoms. The van der Waals surface area contributed by atoms with Crippen LogP contribution in [0.4, 0.5) is 5.69 Å². The summed E-state index contributed by atoms with van der Waals surface area (Å²) in [6, 6.07) is 13.8. The van der Waals surface area contributed by atoms with Gasteiger partial charge >= 0.3 is 0 Å². The van der Waals surface area contributed by atoms with Crippen molar-refractivity contribution in [2.75, 3.05) is 11.4 Å². The van der Waals surface area contributed by atoms with Gasteiger partial charge in [-0.1, -0.05) is 47.5 Å². The SMILES string of the molecule is Cc1ccccc1N1C(N)=NCC1c1ccc(Cl)c(Cl)c1. The summed E-state index contributed by atoms with van der Waals surface area (Å²) in [5.74, 6) is 0.528. The smallest absolute Gasteiger partial charge is 0.196 e. The second kappa shape index (κ2) is 5.58. The highest BCUT2D eigenvalue weighted by Gasteiger charge is 2.29. The fourth-order valence-corrected chi connectivity index (χ4v) is 2.90. The van der Waals surface area contributed by atoms with Crippen LogP contribution in [-0.2, 0) is 0 Å². The van der Waals surface area contributed by atoms with E-state index >= 15 is 0 Å². The molecule has 0 saturated heterocycles. The van der Waals surface area contributed by atoms with E-state index < -0.39 is 0 Å². The van der Waals surface area contributed by atoms with Gasteiger partial charge in [-0.15, -0.1) is 0 Å². The molecule has 0 saturated carbocycles. The summed E-state index contributed by atoms with van der Waals surface area (Å²) < 4.78 is 0. The number of halogens is 2. The van der Waals surface area contributed by atoms with Crippen LogP contribution < -0.4 is 10.6 Å². The van der Waals surface area contributed by atoms with Gasteiger partial charge in [0.15, 0.2) is 5.96 Å². The van der Waals surface area contributed by atoms with Crippen molar-refractivity contribution in [2.24, 2.45) is 10.7 Å². The van der Waals surface area contributed by atoms with Gasteiger partial charge < -0.3 is 10.6 Å². The van der Waals surface area contributed by atoms with Crippen LogP contribution in [-0.4, -0.2) is 12.5 Å². The third-order valence-corrected chi connectivity index (χ3v) is 4.43. The molecular weight excluding hydrogens is 305 g/mol. The number of aliphatic imine (C=N–C) groups is 1. The van der Waals surface area contributed by atoms with Gasteiger partial charge in [-0.2, -0.15) is 0 Å². The van der Waals surface area contributed by atoms with E-state index in [1.165, 1.54) is 0 Å². The fraction of sp³-hybridized carbons (Fsp3) is 0.188. The van der Waals surface area contributed by atoms with Gasteiger partial charge in [-0.3, -0.25) is 4.99 Å². The molecule has 3 rings (SSSR count). The summed E-state index contributed by atoms with van der Waals surface area (Å²) in [5.41, 5.74) is 9.36. The Morgan fingerprint density at radius 1 is 1.14 bits per heavy atom. The van der Waals surface area contributed by atoms with Crippen molar-refractivity contribution in [3.63, 3.8) is 0 Å². The van der Waals surface area contributed by atoms with Crippen molar-refractivity contribution in [1.29, 1.82) is 0 Å². The highest BCUT2D eigenvalue weighted by atomic mass is 35.5. The van der Waals surface area contributed by atoms with E-state index in [0.29, 0.717) is 22.5 Å². The number of nitrogens with two attached hydrogens (primary N) is 1. The molecular formula is C16H15Cl2N3. The topological polar surface area (TPSA) is 41.6 Å². The number of aryl methyl sites for hydroxylation is 1. The Balaban J connectivity index is 2.03. The molecule has 2 N–H and O–H groups in total. The molecule has 1 aliphatic rings. The van der Waals surface area contributed by atoms with E-state index in [4.69, 9.17) is 28.9 Å². The molecule has 5 heteroatoms. The van der Waals surface area contributed by atoms with E-state index in [1.807, 2.05) is 36.4 Å². The molecule has 0 fully saturated rings. The van der Waals surface area contributed by atoms with Crippen LogP contribution in [0.3, 0.4) is 0 Å². The number of benzene rings is 2. The number of nitrogens with zero attached hydrogens (tertiary/aromatic N) is 2. The van der Waals surface area contributed by atoms with Crippen LogP contribution in [0, 0.1) is 6.92 Å². The van der Waals surface area contributed by atoms with Gasteiger partial charge in [0.05, 0.1) is 22.6 Å². The molecule has 0 amide bonds. The van der Waals surface area contributed by atoms with Crippen molar-refractivity contribution in [2.45, 2.75) is 13.0 Å². The maximum absolute atomic E-state index is 6.13. The monoisotopic (exact) mass is 319 g/mol. The lowest BCUT2D eigenvalue weighted by Crippen LogP contribution is -2.36. The molecule has 0 radical (unpaired) electrons. The highest BCUT2D eigenvalue weighted by Crippen LogP contribution is 2.35. The molecule has 2 aromatic rings. The fourth-order valence-electron chi connectivity index (χ4n) is 2.60. The van der Waals surface area contributed by atoms with Gasteiger partial charge in [-0.25, -0.2) is 0 Å². The average Bonchev–Trinajstić information content (AvgIpc) is 2.84. The molecule has 108 valence electrons. The average molecular weight is 320 g/mol. The summed E-state index contributed by atoms with van der Waals surface area (Å²) in [5, 5.41) is 1.10. The lowest BCUT2D eigenvalue weighted by Gasteiger charge is -2.28. The summed E-state index contributed by atoms with van der Waals surface area (Å²) in [4.78, 5) is 6.44. The quantitative estimate of drug-likeness (QED) is 0.902. The van der Waals surface area contributed by atoms with Crippen LogP contribution >= 0.6 is 23.2 Å². The van der Waals surface area contributed by atoms with E-state index in [0.717, 1.165) is 16.8 Å². The molecule has 0 spiro atoms. The predicted octanol–water partition coefficient (Wildman–Crippen LogP) is 4.18. The molecule has 0 aromatic heterocycles. The molecule has 1 heterocycles. The summed E-state index contributed by atoms with van der Waals surface area (Å²) >= 11 is 12.1. The second-order valence-electron chi connectivity index (χ2n) is 5.04. The van der Waals surface area contributed by atoms with E-state index in [2.05, 4.69) is 22.9 Å². The predicted molar refractivity (Wildman–Crippen MR) is 89.4 cm³/mol. The molecule has 1 atom stereocenters. The zero-order chi connectivity index (χ0) is 15.0. The third kappa shape index (κ3) is 2.59. The van der Waals surface area contributed by atoms with Gasteiger partial charge in [0, 0.05) is 5.69 Å². The number of anilines is 1. The lowest BCUT2D eigenvalue weighted by atomic mass is 10.0. The molecule has 0 aliphatic carbocycles. The zero-order valence-corrected chi connectivity index (χ0v) is 13.1. The number of hydrogen-bond acceptors (Lipinski definition) is 3. The van der Waals surface area contributed by atoms with E-state index in [1.54, 1.807) is 0 Å². The minimum Gasteiger partial charge on any atom is -0.369 e. The van der Waals surface area contributed by atoms with Crippen LogP contribution in [0.1, 0.15) is 17.2 Å². The first-order valence-corrected chi connectivity index (χ1v) is 7.43. The van der Waals surface area contributed by atoms with Crippen LogP contribution in [0.25, 0.3) is 0 Å². The number of rotatable bonds is 2. The minimum absolute atomic E-state index is 0.0425. The Bertz CT molecular complexity index is 712. The van der Waals surface area contributed by atoms with E-state index in [9.17, 15) is 0 Å². The Hall–Kier alpha value is -1.71. The van der Waals surface area contributed by atoms with Crippen molar-refractivity contribution in [3.8, 4) is 0 Å². The Labute approximate surface area is 134 Å². The van der Waals surface area contributed by atoms with Crippen LogP contribution in [0.5, 0.6) is 0 Å². The Morgan fingerprint density at radius 2 is 1.90 bits per heavy atom. The highest BCUT2D eigenvalue weighted by molar-refractivity contribution is 6.42. The summed E-state index contributed by atoms with van der Waals surface area (Å²) in [7, 11) is 0. The largest absolute Gasteiger partial charge is 0.369 e. The molecule has 1 unspecified atom stereocenters. The molecule has 2 aromatic carbocycles. The standard InChI is InChI=1S/C16H15Cl2N3/c1-10-4-2-3-5-14(10)21-15(9-20-16(21)19)11-6-7-12(17)13(18)8-11/h2-8,15H,9H2,1H3,(H2,19,20). The van der Waals surface area contributed by atoms with Crippen molar-refractivity contribution in [3.05, 3.63) is 63.6 Å². The van der Waals surface area contributed by atoms with Crippen LogP contribution in [0.15, 0.2) is 47.5 Å². The first kappa shape index (κ1) is 14.2. The molecule has 21 heavy (non-hydrogen) atoms. The van der Waals surface area contributed by atoms with Gasteiger partial charge in [0.1, 0.15) is 0 Å². The zero-order valence-electron chi connectivity index (χ0n) is 11.6. The maximum Gasteiger partial charge on any atom is 0.196 e. The molecule has 3 nitrogen and oxygen atoms in total. The van der Waals surface area contributed by atoms with Crippen LogP contribution in [0.2, 0.25) is 10.0 Å². The maximum atomic E-state index is 6.13. The number of hydrogen-bond donors (Lipinski definition) is 1. The summed E-state index contributed by atoms with van der Waals surface area (Å²) in [6.45, 7) is 2.67. The van der Waals surface area contributed by atoms with Crippen molar-refractivity contribution in [1.82, 2.24) is 0 Å². The van der Waals surface area contributed by atoms with E-state index in [-0.39, 0.29) is 6.04 Å². The van der Waals surface area contributed by atoms with Gasteiger partial charge in [0.2, 0.25) is 0 Å². The summed E-state index contributed by atoms with van der Waals surface area (Å²) in [6.07, 6.45) is 0. The van der Waals surface area contributed by atoms with Crippen molar-refractivity contribution < 1.29 is 0 Å². The van der Waals surface area contributed by atoms with Gasteiger partial charge in [-0.05, 0) is 36.2 Å². The lowest BCUT2D eigenvalue weighted by molar-refractivity contribution is 0.767. The normalized spacial score (nSPS) is 18.0. The van der Waals surface area contributed by atoms with Gasteiger partial charge in [0.25, 0.3) is 0 Å². The number of guanidine groups is 1. The van der Waals surface area contributed by atoms with Crippen molar-refractivity contribution >= 4 is 34.8 Å². The first-order valence-electron chi connectivity index (χ1n) is 6.67. The minimum atomic E-state index is 0.0425.